The van der Waals surface area contributed by atoms with Crippen molar-refractivity contribution in [1.82, 2.24) is 0 Å². The molecule has 2 rings (SSSR count). The number of halogens is 3. The van der Waals surface area contributed by atoms with Crippen molar-refractivity contribution in [2.75, 3.05) is 11.9 Å². The second-order valence-corrected chi connectivity index (χ2v) is 5.85. The van der Waals surface area contributed by atoms with Crippen molar-refractivity contribution in [1.29, 1.82) is 0 Å². The van der Waals surface area contributed by atoms with E-state index in [1.165, 1.54) is 24.3 Å². The minimum atomic E-state index is -0.882. The Balaban J connectivity index is 1.96. The predicted molar refractivity (Wildman–Crippen MR) is 92.8 cm³/mol. The van der Waals surface area contributed by atoms with E-state index in [1.54, 1.807) is 0 Å². The minimum Gasteiger partial charge on any atom is -0.455 e. The van der Waals surface area contributed by atoms with Gasteiger partial charge in [0.2, 0.25) is 0 Å². The van der Waals surface area contributed by atoms with Crippen molar-refractivity contribution in [2.24, 2.45) is 0 Å². The summed E-state index contributed by atoms with van der Waals surface area (Å²) in [6, 6.07) is 7.56. The van der Waals surface area contributed by atoms with Crippen molar-refractivity contribution in [2.45, 2.75) is 6.42 Å². The molecule has 7 nitrogen and oxygen atoms in total. The molecule has 2 aromatic rings. The fraction of sp³-hybridized carbons (Fsp3) is 0.125. The van der Waals surface area contributed by atoms with Gasteiger partial charge in [0.1, 0.15) is 11.5 Å². The molecule has 0 unspecified atom stereocenters. The molecule has 0 saturated carbocycles. The molecule has 2 aromatic carbocycles. The summed E-state index contributed by atoms with van der Waals surface area (Å²) in [6.45, 7) is -0.714. The first kappa shape index (κ1) is 19.6. The molecule has 0 aliphatic heterocycles. The highest BCUT2D eigenvalue weighted by Crippen LogP contribution is 2.27. The Morgan fingerprint density at radius 3 is 2.62 bits per heavy atom. The molecule has 0 aliphatic carbocycles. The molecule has 26 heavy (non-hydrogen) atoms. The lowest BCUT2D eigenvalue weighted by atomic mass is 10.1. The molecule has 0 bridgehead atoms. The first-order valence-electron chi connectivity index (χ1n) is 7.10. The van der Waals surface area contributed by atoms with Gasteiger partial charge in [-0.2, -0.15) is 0 Å². The number of rotatable bonds is 6. The van der Waals surface area contributed by atoms with Gasteiger partial charge in [-0.15, -0.1) is 0 Å². The van der Waals surface area contributed by atoms with E-state index >= 15 is 0 Å². The molecular formula is C16H11Cl2FN2O5. The smallest absolute Gasteiger partial charge is 0.310 e. The molecule has 0 fully saturated rings. The first-order chi connectivity index (χ1) is 12.3. The van der Waals surface area contributed by atoms with Gasteiger partial charge in [0.25, 0.3) is 11.6 Å². The molecule has 0 atom stereocenters. The Kier molecular flexibility index (Phi) is 6.48. The van der Waals surface area contributed by atoms with Crippen LogP contribution >= 0.6 is 23.2 Å². The summed E-state index contributed by atoms with van der Waals surface area (Å²) >= 11 is 11.5. The van der Waals surface area contributed by atoms with Crippen molar-refractivity contribution in [3.05, 3.63) is 67.9 Å². The third-order valence-corrected chi connectivity index (χ3v) is 3.77. The molecule has 1 N–H and O–H groups in total. The van der Waals surface area contributed by atoms with Gasteiger partial charge >= 0.3 is 5.97 Å². The first-order valence-corrected chi connectivity index (χ1v) is 7.86. The van der Waals surface area contributed by atoms with E-state index in [9.17, 15) is 24.1 Å². The Morgan fingerprint density at radius 2 is 1.96 bits per heavy atom. The lowest BCUT2D eigenvalue weighted by Gasteiger charge is -2.08. The number of hydrogen-bond acceptors (Lipinski definition) is 5. The second-order valence-electron chi connectivity index (χ2n) is 5.00. The SMILES string of the molecule is O=C(COC(=O)Cc1c(F)cccc1Cl)Nc1cc(Cl)ccc1[N+](=O)[O-]. The molecule has 1 amide bonds. The number of esters is 1. The maximum absolute atomic E-state index is 13.6. The van der Waals surface area contributed by atoms with E-state index < -0.39 is 35.6 Å². The Hall–Kier alpha value is -2.71. The van der Waals surface area contributed by atoms with Gasteiger partial charge in [-0.1, -0.05) is 29.3 Å². The molecule has 10 heteroatoms. The van der Waals surface area contributed by atoms with E-state index in [0.717, 1.165) is 12.1 Å². The van der Waals surface area contributed by atoms with E-state index in [4.69, 9.17) is 27.9 Å². The monoisotopic (exact) mass is 400 g/mol. The normalized spacial score (nSPS) is 10.3. The fourth-order valence-electron chi connectivity index (χ4n) is 2.00. The molecule has 0 spiro atoms. The van der Waals surface area contributed by atoms with Crippen LogP contribution in [0.4, 0.5) is 15.8 Å². The molecular weight excluding hydrogens is 390 g/mol. The number of amides is 1. The number of anilines is 1. The topological polar surface area (TPSA) is 98.5 Å². The molecule has 0 aliphatic rings. The van der Waals surface area contributed by atoms with Gasteiger partial charge in [-0.05, 0) is 24.3 Å². The Labute approximate surface area is 156 Å². The van der Waals surface area contributed by atoms with Crippen molar-refractivity contribution in [3.8, 4) is 0 Å². The lowest BCUT2D eigenvalue weighted by molar-refractivity contribution is -0.383. The van der Waals surface area contributed by atoms with Crippen molar-refractivity contribution >= 4 is 46.5 Å². The summed E-state index contributed by atoms with van der Waals surface area (Å²) < 4.78 is 18.3. The van der Waals surface area contributed by atoms with E-state index in [2.05, 4.69) is 5.32 Å². The number of nitro groups is 1. The minimum absolute atomic E-state index is 0.0509. The summed E-state index contributed by atoms with van der Waals surface area (Å²) in [5.41, 5.74) is -0.557. The van der Waals surface area contributed by atoms with Crippen LogP contribution in [0.3, 0.4) is 0 Å². The number of ether oxygens (including phenoxy) is 1. The van der Waals surface area contributed by atoms with Gasteiger partial charge in [0.15, 0.2) is 6.61 Å². The van der Waals surface area contributed by atoms with Crippen LogP contribution in [-0.4, -0.2) is 23.4 Å². The zero-order valence-corrected chi connectivity index (χ0v) is 14.5. The standard InChI is InChI=1S/C16H11Cl2FN2O5/c17-9-4-5-14(21(24)25)13(6-9)20-15(22)8-26-16(23)7-10-11(18)2-1-3-12(10)19/h1-6H,7-8H2,(H,20,22). The summed E-state index contributed by atoms with van der Waals surface area (Å²) in [4.78, 5) is 33.8. The molecule has 0 saturated heterocycles. The van der Waals surface area contributed by atoms with Gasteiger partial charge in [0, 0.05) is 21.7 Å². The van der Waals surface area contributed by atoms with E-state index in [0.29, 0.717) is 0 Å². The highest BCUT2D eigenvalue weighted by molar-refractivity contribution is 6.31. The van der Waals surface area contributed by atoms with Crippen LogP contribution in [0.1, 0.15) is 5.56 Å². The maximum atomic E-state index is 13.6. The van der Waals surface area contributed by atoms with Crippen LogP contribution < -0.4 is 5.32 Å². The van der Waals surface area contributed by atoms with Crippen LogP contribution in [0.15, 0.2) is 36.4 Å². The number of nitrogens with one attached hydrogen (secondary N) is 1. The Bertz CT molecular complexity index is 855. The number of benzene rings is 2. The van der Waals surface area contributed by atoms with Gasteiger partial charge in [-0.25, -0.2) is 4.39 Å². The highest BCUT2D eigenvalue weighted by Gasteiger charge is 2.18. The average Bonchev–Trinajstić information content (AvgIpc) is 2.56. The molecule has 0 aromatic heterocycles. The lowest BCUT2D eigenvalue weighted by Crippen LogP contribution is -2.22. The summed E-state index contributed by atoms with van der Waals surface area (Å²) in [7, 11) is 0. The molecule has 136 valence electrons. The number of hydrogen-bond donors (Lipinski definition) is 1. The van der Waals surface area contributed by atoms with Gasteiger partial charge < -0.3 is 10.1 Å². The van der Waals surface area contributed by atoms with Gasteiger partial charge in [-0.3, -0.25) is 19.7 Å². The van der Waals surface area contributed by atoms with Crippen molar-refractivity contribution < 1.29 is 23.6 Å². The van der Waals surface area contributed by atoms with E-state index in [1.807, 2.05) is 0 Å². The van der Waals surface area contributed by atoms with E-state index in [-0.39, 0.29) is 27.0 Å². The predicted octanol–water partition coefficient (Wildman–Crippen LogP) is 3.77. The fourth-order valence-corrected chi connectivity index (χ4v) is 2.40. The van der Waals surface area contributed by atoms with Crippen molar-refractivity contribution in [3.63, 3.8) is 0 Å². The number of nitro benzene ring substituents is 1. The number of carbonyl (C=O) groups excluding carboxylic acids is 2. The highest BCUT2D eigenvalue weighted by atomic mass is 35.5. The third kappa shape index (κ3) is 5.14. The summed E-state index contributed by atoms with van der Waals surface area (Å²) in [5, 5.41) is 13.4. The number of carbonyl (C=O) groups is 2. The molecule has 0 heterocycles. The van der Waals surface area contributed by atoms with Crippen LogP contribution in [0.2, 0.25) is 10.0 Å². The average molecular weight is 401 g/mol. The van der Waals surface area contributed by atoms with Crippen LogP contribution in [-0.2, 0) is 20.7 Å². The maximum Gasteiger partial charge on any atom is 0.310 e. The largest absolute Gasteiger partial charge is 0.455 e. The van der Waals surface area contributed by atoms with Crippen LogP contribution in [0.25, 0.3) is 0 Å². The second kappa shape index (κ2) is 8.59. The third-order valence-electron chi connectivity index (χ3n) is 3.18. The van der Waals surface area contributed by atoms with Crippen LogP contribution in [0, 0.1) is 15.9 Å². The quantitative estimate of drug-likeness (QED) is 0.452. The van der Waals surface area contributed by atoms with Gasteiger partial charge in [0.05, 0.1) is 11.3 Å². The summed E-state index contributed by atoms with van der Waals surface area (Å²) in [5.74, 6) is -2.37. The zero-order chi connectivity index (χ0) is 19.3. The molecule has 0 radical (unpaired) electrons. The Morgan fingerprint density at radius 1 is 1.23 bits per heavy atom. The summed E-state index contributed by atoms with van der Waals surface area (Å²) in [6.07, 6.45) is -0.462. The zero-order valence-electron chi connectivity index (χ0n) is 13.0. The number of nitrogens with zero attached hydrogens (tertiary/aromatic N) is 1. The van der Waals surface area contributed by atoms with Crippen LogP contribution in [0.5, 0.6) is 0 Å².